The summed E-state index contributed by atoms with van der Waals surface area (Å²) in [6.07, 6.45) is 1.91. The molecule has 2 aliphatic carbocycles. The van der Waals surface area contributed by atoms with Gasteiger partial charge in [-0.3, -0.25) is 9.59 Å². The molecule has 3 rings (SSSR count). The van der Waals surface area contributed by atoms with Gasteiger partial charge >= 0.3 is 0 Å². The fourth-order valence-corrected chi connectivity index (χ4v) is 4.52. The molecule has 118 valence electrons. The lowest BCUT2D eigenvalue weighted by Crippen LogP contribution is -2.43. The number of amides is 1. The van der Waals surface area contributed by atoms with E-state index in [1.165, 1.54) is 0 Å². The molecule has 0 aliphatic heterocycles. The summed E-state index contributed by atoms with van der Waals surface area (Å²) in [5.74, 6) is 0.180. The second kappa shape index (κ2) is 4.58. The third-order valence-electron chi connectivity index (χ3n) is 6.66. The number of anilines is 1. The molecule has 4 heteroatoms. The first-order valence-corrected chi connectivity index (χ1v) is 8.13. The summed E-state index contributed by atoms with van der Waals surface area (Å²) in [5.41, 5.74) is 0.280. The van der Waals surface area contributed by atoms with E-state index >= 15 is 0 Å². The van der Waals surface area contributed by atoms with E-state index in [0.717, 1.165) is 24.1 Å². The van der Waals surface area contributed by atoms with E-state index in [9.17, 15) is 9.59 Å². The maximum Gasteiger partial charge on any atom is 0.231 e. The van der Waals surface area contributed by atoms with Gasteiger partial charge in [-0.25, -0.2) is 0 Å². The van der Waals surface area contributed by atoms with Gasteiger partial charge in [0.25, 0.3) is 0 Å². The largest absolute Gasteiger partial charge is 0.325 e. The second-order valence-corrected chi connectivity index (χ2v) is 7.91. The number of fused-ring (bicyclic) bond motifs is 2. The molecule has 0 saturated heterocycles. The standard InChI is InChI=1S/C18H22ClNO2/c1-11-12(19)6-5-7-13(11)20-15(22)18-9-8-17(4,14(21)10-18)16(18,2)3/h5-7H,8-10H2,1-4H3,(H,20,22)/t17-,18+/m0/s1. The molecule has 2 fully saturated rings. The highest BCUT2D eigenvalue weighted by Gasteiger charge is 2.72. The van der Waals surface area contributed by atoms with Gasteiger partial charge in [0.15, 0.2) is 0 Å². The van der Waals surface area contributed by atoms with Crippen LogP contribution in [0.15, 0.2) is 18.2 Å². The predicted octanol–water partition coefficient (Wildman–Crippen LogP) is 4.37. The molecule has 1 N–H and O–H groups in total. The van der Waals surface area contributed by atoms with Crippen LogP contribution in [0.25, 0.3) is 0 Å². The smallest absolute Gasteiger partial charge is 0.231 e. The minimum absolute atomic E-state index is 0.0440. The lowest BCUT2D eigenvalue weighted by atomic mass is 9.64. The van der Waals surface area contributed by atoms with Gasteiger partial charge in [0.2, 0.25) is 5.91 Å². The highest BCUT2D eigenvalue weighted by Crippen LogP contribution is 2.70. The Kier molecular flexibility index (Phi) is 3.23. The summed E-state index contributed by atoms with van der Waals surface area (Å²) in [7, 11) is 0. The number of carbonyl (C=O) groups is 2. The number of rotatable bonds is 2. The fourth-order valence-electron chi connectivity index (χ4n) is 4.35. The highest BCUT2D eigenvalue weighted by atomic mass is 35.5. The van der Waals surface area contributed by atoms with Crippen LogP contribution in [0.1, 0.15) is 45.6 Å². The average molecular weight is 320 g/mol. The second-order valence-electron chi connectivity index (χ2n) is 7.51. The van der Waals surface area contributed by atoms with Crippen LogP contribution in [0.4, 0.5) is 5.69 Å². The first-order valence-electron chi connectivity index (χ1n) is 7.76. The lowest BCUT2D eigenvalue weighted by molar-refractivity contribution is -0.131. The highest BCUT2D eigenvalue weighted by molar-refractivity contribution is 6.31. The van der Waals surface area contributed by atoms with Gasteiger partial charge in [-0.15, -0.1) is 0 Å². The molecule has 0 heterocycles. The molecule has 2 bridgehead atoms. The van der Waals surface area contributed by atoms with Crippen molar-refractivity contribution in [3.05, 3.63) is 28.8 Å². The zero-order valence-corrected chi connectivity index (χ0v) is 14.3. The predicted molar refractivity (Wildman–Crippen MR) is 88.0 cm³/mol. The number of nitrogens with one attached hydrogen (secondary N) is 1. The Morgan fingerprint density at radius 2 is 1.91 bits per heavy atom. The maximum absolute atomic E-state index is 13.1. The van der Waals surface area contributed by atoms with Crippen LogP contribution in [0.5, 0.6) is 0 Å². The van der Waals surface area contributed by atoms with E-state index in [1.54, 1.807) is 6.07 Å². The fraction of sp³-hybridized carbons (Fsp3) is 0.556. The minimum Gasteiger partial charge on any atom is -0.325 e. The van der Waals surface area contributed by atoms with Gasteiger partial charge in [-0.1, -0.05) is 38.4 Å². The molecule has 1 aromatic carbocycles. The molecule has 2 atom stereocenters. The van der Waals surface area contributed by atoms with Crippen LogP contribution in [0, 0.1) is 23.2 Å². The van der Waals surface area contributed by atoms with E-state index in [4.69, 9.17) is 11.6 Å². The molecule has 0 unspecified atom stereocenters. The van der Waals surface area contributed by atoms with Crippen LogP contribution >= 0.6 is 11.6 Å². The van der Waals surface area contributed by atoms with Crippen molar-refractivity contribution in [2.75, 3.05) is 5.32 Å². The van der Waals surface area contributed by atoms with Crippen molar-refractivity contribution < 1.29 is 9.59 Å². The van der Waals surface area contributed by atoms with Crippen molar-refractivity contribution in [2.45, 2.75) is 47.0 Å². The summed E-state index contributed by atoms with van der Waals surface area (Å²) in [6, 6.07) is 5.49. The SMILES string of the molecule is Cc1c(Cl)cccc1NC(=O)[C@@]12CC[C@@](C)(C(=O)C1)C2(C)C. The van der Waals surface area contributed by atoms with Crippen molar-refractivity contribution in [2.24, 2.45) is 16.2 Å². The van der Waals surface area contributed by atoms with E-state index in [2.05, 4.69) is 19.2 Å². The normalized spacial score (nSPS) is 32.3. The zero-order chi connectivity index (χ0) is 16.3. The molecular weight excluding hydrogens is 298 g/mol. The quantitative estimate of drug-likeness (QED) is 0.879. The molecule has 2 saturated carbocycles. The first kappa shape index (κ1) is 15.5. The summed E-state index contributed by atoms with van der Waals surface area (Å²) in [5, 5.41) is 3.66. The number of benzene rings is 1. The maximum atomic E-state index is 13.1. The topological polar surface area (TPSA) is 46.2 Å². The Bertz CT molecular complexity index is 682. The Balaban J connectivity index is 1.96. The summed E-state index contributed by atoms with van der Waals surface area (Å²) >= 11 is 6.13. The molecule has 3 nitrogen and oxygen atoms in total. The molecule has 0 spiro atoms. The van der Waals surface area contributed by atoms with Gasteiger partial charge in [-0.2, -0.15) is 0 Å². The third kappa shape index (κ3) is 1.69. The molecule has 1 amide bonds. The van der Waals surface area contributed by atoms with Crippen LogP contribution in [-0.4, -0.2) is 11.7 Å². The van der Waals surface area contributed by atoms with Crippen LogP contribution in [-0.2, 0) is 9.59 Å². The Morgan fingerprint density at radius 3 is 2.45 bits per heavy atom. The van der Waals surface area contributed by atoms with E-state index in [0.29, 0.717) is 11.4 Å². The molecular formula is C18H22ClNO2. The molecule has 0 radical (unpaired) electrons. The lowest BCUT2D eigenvalue weighted by Gasteiger charge is -2.38. The van der Waals surface area contributed by atoms with Gasteiger partial charge in [0.1, 0.15) is 5.78 Å². The Hall–Kier alpha value is -1.35. The van der Waals surface area contributed by atoms with Crippen LogP contribution in [0.3, 0.4) is 0 Å². The summed E-state index contributed by atoms with van der Waals surface area (Å²) < 4.78 is 0. The Labute approximate surface area is 136 Å². The summed E-state index contributed by atoms with van der Waals surface area (Å²) in [4.78, 5) is 25.5. The first-order chi connectivity index (χ1) is 10.2. The molecule has 2 aliphatic rings. The van der Waals surface area contributed by atoms with Crippen molar-refractivity contribution in [1.29, 1.82) is 0 Å². The number of halogens is 1. The van der Waals surface area contributed by atoms with E-state index in [1.807, 2.05) is 26.0 Å². The minimum atomic E-state index is -0.604. The summed E-state index contributed by atoms with van der Waals surface area (Å²) in [6.45, 7) is 8.03. The monoisotopic (exact) mass is 319 g/mol. The number of hydrogen-bond donors (Lipinski definition) is 1. The number of carbonyl (C=O) groups excluding carboxylic acids is 2. The third-order valence-corrected chi connectivity index (χ3v) is 7.07. The van der Waals surface area contributed by atoms with Crippen molar-refractivity contribution in [3.8, 4) is 0 Å². The van der Waals surface area contributed by atoms with Gasteiger partial charge in [0.05, 0.1) is 5.41 Å². The molecule has 1 aromatic rings. The van der Waals surface area contributed by atoms with E-state index in [-0.39, 0.29) is 22.5 Å². The molecule has 22 heavy (non-hydrogen) atoms. The van der Waals surface area contributed by atoms with Crippen molar-refractivity contribution in [3.63, 3.8) is 0 Å². The van der Waals surface area contributed by atoms with Crippen LogP contribution < -0.4 is 5.32 Å². The number of hydrogen-bond acceptors (Lipinski definition) is 2. The Morgan fingerprint density at radius 1 is 1.23 bits per heavy atom. The average Bonchev–Trinajstić information content (AvgIpc) is 2.74. The zero-order valence-electron chi connectivity index (χ0n) is 13.5. The van der Waals surface area contributed by atoms with Crippen molar-refractivity contribution in [1.82, 2.24) is 0 Å². The number of Topliss-reactive ketones (excluding diaryl/α,β-unsaturated/α-hetero) is 1. The molecule has 0 aromatic heterocycles. The van der Waals surface area contributed by atoms with Gasteiger partial charge in [-0.05, 0) is 42.9 Å². The van der Waals surface area contributed by atoms with Crippen molar-refractivity contribution >= 4 is 29.0 Å². The van der Waals surface area contributed by atoms with Gasteiger partial charge in [0, 0.05) is 22.5 Å². The van der Waals surface area contributed by atoms with Crippen LogP contribution in [0.2, 0.25) is 5.02 Å². The van der Waals surface area contributed by atoms with Gasteiger partial charge < -0.3 is 5.32 Å². The van der Waals surface area contributed by atoms with E-state index < -0.39 is 5.41 Å². The number of ketones is 1.